The van der Waals surface area contributed by atoms with Crippen LogP contribution in [0, 0.1) is 0 Å². The Morgan fingerprint density at radius 1 is 1.29 bits per heavy atom. The van der Waals surface area contributed by atoms with Crippen LogP contribution in [0.1, 0.15) is 19.3 Å². The highest BCUT2D eigenvalue weighted by atomic mass is 35.5. The largest absolute Gasteiger partial charge is 0.493 e. The summed E-state index contributed by atoms with van der Waals surface area (Å²) in [6.45, 7) is -0.0874. The molecule has 1 saturated carbocycles. The van der Waals surface area contributed by atoms with Gasteiger partial charge >= 0.3 is 5.97 Å². The molecule has 7 heteroatoms. The van der Waals surface area contributed by atoms with E-state index in [4.69, 9.17) is 33.0 Å². The molecule has 1 aromatic carbocycles. The minimum absolute atomic E-state index is 0.0681. The van der Waals surface area contributed by atoms with Gasteiger partial charge in [0.2, 0.25) is 5.91 Å². The van der Waals surface area contributed by atoms with Crippen molar-refractivity contribution in [1.29, 1.82) is 0 Å². The van der Waals surface area contributed by atoms with Crippen molar-refractivity contribution in [2.24, 2.45) is 0 Å². The Morgan fingerprint density at radius 3 is 2.57 bits per heavy atom. The predicted molar refractivity (Wildman–Crippen MR) is 78.9 cm³/mol. The van der Waals surface area contributed by atoms with Crippen LogP contribution in [0.15, 0.2) is 18.2 Å². The number of rotatable bonds is 7. The Balaban J connectivity index is 1.82. The van der Waals surface area contributed by atoms with E-state index in [0.717, 1.165) is 12.8 Å². The normalized spacial score (nSPS) is 13.8. The van der Waals surface area contributed by atoms with E-state index in [1.165, 1.54) is 4.90 Å². The van der Waals surface area contributed by atoms with Crippen LogP contribution >= 0.6 is 23.2 Å². The number of carbonyl (C=O) groups is 2. The van der Waals surface area contributed by atoms with E-state index in [1.54, 1.807) is 18.2 Å². The van der Waals surface area contributed by atoms with Crippen LogP contribution in [0.5, 0.6) is 5.75 Å². The number of carboxylic acid groups (broad SMARTS) is 1. The van der Waals surface area contributed by atoms with Crippen molar-refractivity contribution >= 4 is 35.1 Å². The van der Waals surface area contributed by atoms with Crippen molar-refractivity contribution in [3.63, 3.8) is 0 Å². The highest BCUT2D eigenvalue weighted by molar-refractivity contribution is 6.42. The average Bonchev–Trinajstić information content (AvgIpc) is 3.24. The molecule has 1 aromatic rings. The Morgan fingerprint density at radius 2 is 2.00 bits per heavy atom. The van der Waals surface area contributed by atoms with Crippen molar-refractivity contribution in [1.82, 2.24) is 4.90 Å². The monoisotopic (exact) mass is 331 g/mol. The lowest BCUT2D eigenvalue weighted by Gasteiger charge is -2.20. The number of aliphatic carboxylic acids is 1. The molecule has 5 nitrogen and oxygen atoms in total. The third kappa shape index (κ3) is 4.79. The predicted octanol–water partition coefficient (Wildman–Crippen LogP) is 2.84. The van der Waals surface area contributed by atoms with Crippen molar-refractivity contribution in [3.05, 3.63) is 28.2 Å². The van der Waals surface area contributed by atoms with Crippen molar-refractivity contribution in [2.75, 3.05) is 13.2 Å². The highest BCUT2D eigenvalue weighted by Crippen LogP contribution is 2.28. The summed E-state index contributed by atoms with van der Waals surface area (Å²) in [6.07, 6.45) is 1.86. The zero-order valence-corrected chi connectivity index (χ0v) is 12.7. The number of nitrogens with zero attached hydrogens (tertiary/aromatic N) is 1. The van der Waals surface area contributed by atoms with Gasteiger partial charge in [0.1, 0.15) is 12.3 Å². The quantitative estimate of drug-likeness (QED) is 0.834. The first-order valence-electron chi connectivity index (χ1n) is 6.56. The first-order chi connectivity index (χ1) is 9.97. The molecular formula is C14H15Cl2NO4. The van der Waals surface area contributed by atoms with Gasteiger partial charge < -0.3 is 14.7 Å². The number of carbonyl (C=O) groups excluding carboxylic acids is 1. The molecule has 0 unspecified atom stereocenters. The molecular weight excluding hydrogens is 317 g/mol. The third-order valence-electron chi connectivity index (χ3n) is 3.09. The fourth-order valence-electron chi connectivity index (χ4n) is 1.92. The summed E-state index contributed by atoms with van der Waals surface area (Å²) in [6, 6.07) is 4.92. The summed E-state index contributed by atoms with van der Waals surface area (Å²) >= 11 is 11.7. The van der Waals surface area contributed by atoms with Crippen LogP contribution in [0.2, 0.25) is 10.0 Å². The second kappa shape index (κ2) is 7.00. The van der Waals surface area contributed by atoms with Crippen LogP contribution in [-0.4, -0.2) is 41.1 Å². The number of hydrogen-bond donors (Lipinski definition) is 1. The molecule has 1 aliphatic rings. The standard InChI is InChI=1S/C14H15Cl2NO4/c15-11-4-3-10(7-12(11)16)21-6-5-13(18)17(8-14(19)20)9-1-2-9/h3-4,7,9H,1-2,5-6,8H2,(H,19,20). The van der Waals surface area contributed by atoms with Gasteiger partial charge in [-0.05, 0) is 25.0 Å². The van der Waals surface area contributed by atoms with Crippen molar-refractivity contribution in [2.45, 2.75) is 25.3 Å². The number of ether oxygens (including phenoxy) is 1. The maximum Gasteiger partial charge on any atom is 0.323 e. The maximum absolute atomic E-state index is 12.0. The first kappa shape index (κ1) is 15.9. The summed E-state index contributed by atoms with van der Waals surface area (Å²) < 4.78 is 5.43. The summed E-state index contributed by atoms with van der Waals surface area (Å²) in [5, 5.41) is 9.63. The molecule has 0 bridgehead atoms. The zero-order chi connectivity index (χ0) is 15.4. The molecule has 0 atom stereocenters. The van der Waals surface area contributed by atoms with Crippen LogP contribution < -0.4 is 4.74 Å². The molecule has 2 rings (SSSR count). The molecule has 0 saturated heterocycles. The van der Waals surface area contributed by atoms with E-state index in [1.807, 2.05) is 0 Å². The lowest BCUT2D eigenvalue weighted by atomic mass is 10.3. The number of halogens is 2. The first-order valence-corrected chi connectivity index (χ1v) is 7.32. The number of amides is 1. The molecule has 21 heavy (non-hydrogen) atoms. The maximum atomic E-state index is 12.0. The molecule has 114 valence electrons. The lowest BCUT2D eigenvalue weighted by molar-refractivity contribution is -0.145. The fraction of sp³-hybridized carbons (Fsp3) is 0.429. The summed E-state index contributed by atoms with van der Waals surface area (Å²) in [5.41, 5.74) is 0. The minimum Gasteiger partial charge on any atom is -0.493 e. The molecule has 1 aliphatic carbocycles. The second-order valence-electron chi connectivity index (χ2n) is 4.82. The van der Waals surface area contributed by atoms with Gasteiger partial charge in [-0.3, -0.25) is 9.59 Å². The van der Waals surface area contributed by atoms with Gasteiger partial charge in [0, 0.05) is 12.1 Å². The highest BCUT2D eigenvalue weighted by Gasteiger charge is 2.33. The van der Waals surface area contributed by atoms with Gasteiger partial charge in [-0.15, -0.1) is 0 Å². The number of benzene rings is 1. The Kier molecular flexibility index (Phi) is 5.31. The van der Waals surface area contributed by atoms with Gasteiger partial charge in [-0.1, -0.05) is 23.2 Å². The third-order valence-corrected chi connectivity index (χ3v) is 3.83. The lowest BCUT2D eigenvalue weighted by Crippen LogP contribution is -2.38. The molecule has 0 aliphatic heterocycles. The molecule has 0 heterocycles. The Bertz CT molecular complexity index is 546. The Hall–Kier alpha value is -1.46. The molecule has 0 aromatic heterocycles. The second-order valence-corrected chi connectivity index (χ2v) is 5.64. The molecule has 1 fully saturated rings. The summed E-state index contributed by atoms with van der Waals surface area (Å²) in [5.74, 6) is -0.686. The fourth-order valence-corrected chi connectivity index (χ4v) is 2.21. The van der Waals surface area contributed by atoms with Gasteiger partial charge in [-0.2, -0.15) is 0 Å². The molecule has 0 radical (unpaired) electrons. The van der Waals surface area contributed by atoms with E-state index < -0.39 is 5.97 Å². The molecule has 1 amide bonds. The summed E-state index contributed by atoms with van der Waals surface area (Å²) in [4.78, 5) is 24.2. The SMILES string of the molecule is O=C(O)CN(C(=O)CCOc1ccc(Cl)c(Cl)c1)C1CC1. The topological polar surface area (TPSA) is 66.8 Å². The van der Waals surface area contributed by atoms with E-state index in [9.17, 15) is 9.59 Å². The van der Waals surface area contributed by atoms with Gasteiger partial charge in [0.05, 0.1) is 23.1 Å². The van der Waals surface area contributed by atoms with Gasteiger partial charge in [0.15, 0.2) is 0 Å². The average molecular weight is 332 g/mol. The Labute approximate surface area is 132 Å². The van der Waals surface area contributed by atoms with Crippen molar-refractivity contribution in [3.8, 4) is 5.75 Å². The van der Waals surface area contributed by atoms with Gasteiger partial charge in [0.25, 0.3) is 0 Å². The van der Waals surface area contributed by atoms with Crippen LogP contribution in [0.25, 0.3) is 0 Å². The van der Waals surface area contributed by atoms with E-state index in [2.05, 4.69) is 0 Å². The van der Waals surface area contributed by atoms with E-state index >= 15 is 0 Å². The number of carboxylic acids is 1. The van der Waals surface area contributed by atoms with Crippen LogP contribution in [0.4, 0.5) is 0 Å². The van der Waals surface area contributed by atoms with Crippen LogP contribution in [-0.2, 0) is 9.59 Å². The van der Waals surface area contributed by atoms with Crippen molar-refractivity contribution < 1.29 is 19.4 Å². The van der Waals surface area contributed by atoms with E-state index in [-0.39, 0.29) is 31.5 Å². The smallest absolute Gasteiger partial charge is 0.323 e. The number of hydrogen-bond acceptors (Lipinski definition) is 3. The van der Waals surface area contributed by atoms with E-state index in [0.29, 0.717) is 15.8 Å². The minimum atomic E-state index is -0.999. The molecule has 0 spiro atoms. The summed E-state index contributed by atoms with van der Waals surface area (Å²) in [7, 11) is 0. The molecule has 1 N–H and O–H groups in total. The van der Waals surface area contributed by atoms with Gasteiger partial charge in [-0.25, -0.2) is 0 Å². The van der Waals surface area contributed by atoms with Crippen LogP contribution in [0.3, 0.4) is 0 Å². The zero-order valence-electron chi connectivity index (χ0n) is 11.2.